The second-order valence-electron chi connectivity index (χ2n) is 2.71. The van der Waals surface area contributed by atoms with Crippen LogP contribution >= 0.6 is 0 Å². The monoisotopic (exact) mass is 166 g/mol. The Hall–Kier alpha value is -1.50. The lowest BCUT2D eigenvalue weighted by atomic mass is 10.2. The van der Waals surface area contributed by atoms with Gasteiger partial charge in [-0.3, -0.25) is 0 Å². The average molecular weight is 166 g/mol. The van der Waals surface area contributed by atoms with Crippen LogP contribution in [0.4, 0.5) is 0 Å². The first-order chi connectivity index (χ1) is 5.79. The molecule has 1 heterocycles. The zero-order valence-electron chi connectivity index (χ0n) is 6.90. The lowest BCUT2D eigenvalue weighted by Gasteiger charge is -2.22. The molecule has 0 aromatic rings. The van der Waals surface area contributed by atoms with Crippen LogP contribution in [0.25, 0.3) is 4.98 Å². The van der Waals surface area contributed by atoms with E-state index in [9.17, 15) is 5.11 Å². The summed E-state index contributed by atoms with van der Waals surface area (Å²) in [6, 6.07) is 0. The molecule has 12 heavy (non-hydrogen) atoms. The van der Waals surface area contributed by atoms with Crippen LogP contribution in [0.5, 0.6) is 0 Å². The van der Waals surface area contributed by atoms with E-state index in [0.29, 0.717) is 18.7 Å². The highest BCUT2D eigenvalue weighted by atomic mass is 16.3. The van der Waals surface area contributed by atoms with Crippen molar-refractivity contribution in [3.05, 3.63) is 29.2 Å². The summed E-state index contributed by atoms with van der Waals surface area (Å²) in [6.07, 6.45) is 3.24. The SMILES string of the molecule is C=CCN1CCCC([N+]#N)=C1O. The maximum Gasteiger partial charge on any atom is 0.420 e. The van der Waals surface area contributed by atoms with Crippen molar-refractivity contribution in [2.24, 2.45) is 0 Å². The zero-order valence-corrected chi connectivity index (χ0v) is 6.90. The van der Waals surface area contributed by atoms with Gasteiger partial charge in [0, 0.05) is 13.1 Å². The number of allylic oxidation sites excluding steroid dienone is 1. The summed E-state index contributed by atoms with van der Waals surface area (Å²) in [5.74, 6) is 0.0728. The molecule has 0 unspecified atom stereocenters. The van der Waals surface area contributed by atoms with Gasteiger partial charge in [-0.05, 0) is 6.42 Å². The Morgan fingerprint density at radius 3 is 3.08 bits per heavy atom. The summed E-state index contributed by atoms with van der Waals surface area (Å²) in [7, 11) is 0. The molecule has 0 aliphatic carbocycles. The summed E-state index contributed by atoms with van der Waals surface area (Å²) >= 11 is 0. The molecule has 0 fully saturated rings. The standard InChI is InChI=1S/C8H11N3O/c1-2-5-11-6-3-4-7(10-9)8(11)12/h2H,1,3-6H2/p+1. The lowest BCUT2D eigenvalue weighted by Crippen LogP contribution is -2.28. The maximum atomic E-state index is 9.46. The Morgan fingerprint density at radius 2 is 2.50 bits per heavy atom. The number of hydrogen-bond donors (Lipinski definition) is 1. The molecule has 1 rings (SSSR count). The lowest BCUT2D eigenvalue weighted by molar-refractivity contribution is 0.195. The summed E-state index contributed by atoms with van der Waals surface area (Å²) in [6.45, 7) is 4.95. The van der Waals surface area contributed by atoms with E-state index in [0.717, 1.165) is 13.0 Å². The molecule has 1 N–H and O–H groups in total. The third-order valence-corrected chi connectivity index (χ3v) is 1.87. The van der Waals surface area contributed by atoms with Gasteiger partial charge >= 0.3 is 5.70 Å². The molecular weight excluding hydrogens is 154 g/mol. The molecule has 64 valence electrons. The van der Waals surface area contributed by atoms with Crippen molar-refractivity contribution in [1.82, 2.24) is 4.90 Å². The van der Waals surface area contributed by atoms with E-state index in [1.807, 2.05) is 0 Å². The minimum absolute atomic E-state index is 0.0728. The Morgan fingerprint density at radius 1 is 1.75 bits per heavy atom. The normalized spacial score (nSPS) is 17.4. The fourth-order valence-corrected chi connectivity index (χ4v) is 1.27. The highest BCUT2D eigenvalue weighted by Gasteiger charge is 2.27. The third kappa shape index (κ3) is 1.56. The molecule has 0 atom stereocenters. The molecule has 0 aromatic carbocycles. The Kier molecular flexibility index (Phi) is 2.70. The first-order valence-electron chi connectivity index (χ1n) is 3.92. The molecule has 1 aliphatic rings. The van der Waals surface area contributed by atoms with Crippen LogP contribution in [-0.2, 0) is 0 Å². The Labute approximate surface area is 71.4 Å². The van der Waals surface area contributed by atoms with Crippen molar-refractivity contribution >= 4 is 0 Å². The molecular formula is C8H12N3O+. The fourth-order valence-electron chi connectivity index (χ4n) is 1.27. The van der Waals surface area contributed by atoms with E-state index in [-0.39, 0.29) is 5.88 Å². The van der Waals surface area contributed by atoms with Crippen molar-refractivity contribution in [3.8, 4) is 0 Å². The molecule has 0 bridgehead atoms. The number of aliphatic hydroxyl groups is 1. The van der Waals surface area contributed by atoms with Crippen molar-refractivity contribution in [3.63, 3.8) is 0 Å². The molecule has 0 amide bonds. The van der Waals surface area contributed by atoms with E-state index >= 15 is 0 Å². The van der Waals surface area contributed by atoms with Crippen molar-refractivity contribution in [1.29, 1.82) is 5.39 Å². The van der Waals surface area contributed by atoms with Gasteiger partial charge in [-0.15, -0.1) is 6.58 Å². The quantitative estimate of drug-likeness (QED) is 0.503. The second kappa shape index (κ2) is 3.77. The average Bonchev–Trinajstić information content (AvgIpc) is 2.09. The van der Waals surface area contributed by atoms with Gasteiger partial charge in [-0.2, -0.15) is 0 Å². The van der Waals surface area contributed by atoms with E-state index in [1.54, 1.807) is 11.0 Å². The first kappa shape index (κ1) is 8.60. The first-order valence-corrected chi connectivity index (χ1v) is 3.92. The van der Waals surface area contributed by atoms with Gasteiger partial charge in [0.2, 0.25) is 5.39 Å². The molecule has 0 spiro atoms. The highest BCUT2D eigenvalue weighted by Crippen LogP contribution is 2.20. The second-order valence-corrected chi connectivity index (χ2v) is 2.71. The number of aliphatic hydroxyl groups excluding tert-OH is 1. The minimum Gasteiger partial charge on any atom is -0.489 e. The molecule has 4 nitrogen and oxygen atoms in total. The van der Waals surface area contributed by atoms with E-state index in [4.69, 9.17) is 5.39 Å². The van der Waals surface area contributed by atoms with Gasteiger partial charge in [-0.1, -0.05) is 6.08 Å². The van der Waals surface area contributed by atoms with E-state index in [2.05, 4.69) is 11.6 Å². The van der Waals surface area contributed by atoms with Crippen LogP contribution in [0.2, 0.25) is 0 Å². The van der Waals surface area contributed by atoms with Crippen LogP contribution < -0.4 is 0 Å². The third-order valence-electron chi connectivity index (χ3n) is 1.87. The van der Waals surface area contributed by atoms with E-state index < -0.39 is 0 Å². The van der Waals surface area contributed by atoms with Gasteiger partial charge in [0.1, 0.15) is 0 Å². The van der Waals surface area contributed by atoms with Gasteiger partial charge < -0.3 is 10.0 Å². The largest absolute Gasteiger partial charge is 0.489 e. The van der Waals surface area contributed by atoms with E-state index in [1.165, 1.54) is 0 Å². The number of hydrogen-bond acceptors (Lipinski definition) is 3. The molecule has 0 radical (unpaired) electrons. The summed E-state index contributed by atoms with van der Waals surface area (Å²) < 4.78 is 0. The fraction of sp³-hybridized carbons (Fsp3) is 0.500. The predicted octanol–water partition coefficient (Wildman–Crippen LogP) is 1.85. The van der Waals surface area contributed by atoms with Crippen molar-refractivity contribution < 1.29 is 5.11 Å². The summed E-state index contributed by atoms with van der Waals surface area (Å²) in [5.41, 5.74) is 0.364. The van der Waals surface area contributed by atoms with Crippen LogP contribution in [0.3, 0.4) is 0 Å². The van der Waals surface area contributed by atoms with Gasteiger partial charge in [0.25, 0.3) is 5.88 Å². The van der Waals surface area contributed by atoms with Gasteiger partial charge in [0.15, 0.2) is 4.98 Å². The molecule has 0 saturated heterocycles. The molecule has 0 saturated carbocycles. The van der Waals surface area contributed by atoms with Gasteiger partial charge in [0.05, 0.1) is 6.42 Å². The van der Waals surface area contributed by atoms with Crippen molar-refractivity contribution in [2.75, 3.05) is 13.1 Å². The predicted molar refractivity (Wildman–Crippen MR) is 45.7 cm³/mol. The number of rotatable bonds is 2. The van der Waals surface area contributed by atoms with Crippen molar-refractivity contribution in [2.45, 2.75) is 12.8 Å². The minimum atomic E-state index is 0.0728. The highest BCUT2D eigenvalue weighted by molar-refractivity contribution is 5.15. The zero-order chi connectivity index (χ0) is 8.97. The van der Waals surface area contributed by atoms with Crippen LogP contribution in [-0.4, -0.2) is 23.1 Å². The van der Waals surface area contributed by atoms with Crippen LogP contribution in [0.1, 0.15) is 12.8 Å². The summed E-state index contributed by atoms with van der Waals surface area (Å²) in [4.78, 5) is 4.74. The smallest absolute Gasteiger partial charge is 0.420 e. The van der Waals surface area contributed by atoms with Crippen LogP contribution in [0.15, 0.2) is 24.2 Å². The van der Waals surface area contributed by atoms with Gasteiger partial charge in [-0.25, -0.2) is 0 Å². The van der Waals surface area contributed by atoms with Crippen LogP contribution in [0, 0.1) is 5.39 Å². The molecule has 1 aliphatic heterocycles. The number of nitrogens with zero attached hydrogens (tertiary/aromatic N) is 3. The Bertz CT molecular complexity index is 252. The maximum absolute atomic E-state index is 9.46. The summed E-state index contributed by atoms with van der Waals surface area (Å²) in [5, 5.41) is 18.0. The topological polar surface area (TPSA) is 51.6 Å². The molecule has 4 heteroatoms. The number of diazo groups is 1. The Balaban J connectivity index is 2.78. The molecule has 0 aromatic heterocycles.